The van der Waals surface area contributed by atoms with Gasteiger partial charge in [0.1, 0.15) is 12.1 Å². The fraction of sp³-hybridized carbons (Fsp3) is 0.857. The van der Waals surface area contributed by atoms with Crippen LogP contribution in [0.25, 0.3) is 0 Å². The molecule has 1 rings (SSSR count). The van der Waals surface area contributed by atoms with Crippen LogP contribution in [0.2, 0.25) is 0 Å². The van der Waals surface area contributed by atoms with Crippen LogP contribution in [-0.4, -0.2) is 84.6 Å². The topological polar surface area (TPSA) is 137 Å². The molecular weight excluding hydrogens is 386 g/mol. The Hall–Kier alpha value is -1.55. The summed E-state index contributed by atoms with van der Waals surface area (Å²) in [7, 11) is 0. The zero-order chi connectivity index (χ0) is 22.8. The molecule has 9 nitrogen and oxygen atoms in total. The molecule has 0 radical (unpaired) electrons. The lowest BCUT2D eigenvalue weighted by atomic mass is 9.97. The van der Waals surface area contributed by atoms with E-state index in [2.05, 4.69) is 34.7 Å². The summed E-state index contributed by atoms with van der Waals surface area (Å²) < 4.78 is 0. The third-order valence-electron chi connectivity index (χ3n) is 5.25. The molecule has 6 N–H and O–H groups in total. The average molecular weight is 428 g/mol. The zero-order valence-corrected chi connectivity index (χ0v) is 19.1. The van der Waals surface area contributed by atoms with Crippen molar-refractivity contribution in [1.29, 1.82) is 0 Å². The van der Waals surface area contributed by atoms with Crippen molar-refractivity contribution in [3.8, 4) is 0 Å². The fourth-order valence-corrected chi connectivity index (χ4v) is 3.62. The van der Waals surface area contributed by atoms with E-state index in [-0.39, 0.29) is 17.6 Å². The SMILES string of the molecule is CC(C)CN1CCNC[C@H]1C(=O)N[C@H](C(=O)N[C@@H](CCCN)C(=O)C(C)C)[C@H](C)O. The van der Waals surface area contributed by atoms with Gasteiger partial charge in [0.2, 0.25) is 11.8 Å². The highest BCUT2D eigenvalue weighted by Crippen LogP contribution is 2.10. The van der Waals surface area contributed by atoms with Crippen LogP contribution in [0, 0.1) is 11.8 Å². The van der Waals surface area contributed by atoms with Crippen LogP contribution < -0.4 is 21.7 Å². The molecule has 1 aliphatic heterocycles. The summed E-state index contributed by atoms with van der Waals surface area (Å²) in [6.45, 7) is 12.4. The quantitative estimate of drug-likeness (QED) is 0.276. The van der Waals surface area contributed by atoms with Crippen molar-refractivity contribution in [3.63, 3.8) is 0 Å². The molecule has 174 valence electrons. The van der Waals surface area contributed by atoms with Crippen LogP contribution in [0.3, 0.4) is 0 Å². The molecule has 0 aromatic heterocycles. The molecule has 1 aliphatic rings. The highest BCUT2D eigenvalue weighted by atomic mass is 16.3. The Labute approximate surface area is 180 Å². The van der Waals surface area contributed by atoms with Crippen LogP contribution in [0.4, 0.5) is 0 Å². The summed E-state index contributed by atoms with van der Waals surface area (Å²) in [5.74, 6) is -0.802. The Bertz CT molecular complexity index is 568. The molecule has 1 heterocycles. The summed E-state index contributed by atoms with van der Waals surface area (Å²) >= 11 is 0. The normalized spacial score (nSPS) is 20.6. The monoisotopic (exact) mass is 427 g/mol. The Balaban J connectivity index is 2.87. The van der Waals surface area contributed by atoms with E-state index in [1.54, 1.807) is 13.8 Å². The maximum absolute atomic E-state index is 12.9. The zero-order valence-electron chi connectivity index (χ0n) is 19.1. The van der Waals surface area contributed by atoms with E-state index in [1.807, 2.05) is 0 Å². The Morgan fingerprint density at radius 3 is 2.37 bits per heavy atom. The minimum absolute atomic E-state index is 0.0907. The summed E-state index contributed by atoms with van der Waals surface area (Å²) in [5.41, 5.74) is 5.56. The highest BCUT2D eigenvalue weighted by molar-refractivity contribution is 5.94. The Kier molecular flexibility index (Phi) is 11.5. The number of amides is 2. The third kappa shape index (κ3) is 8.29. The van der Waals surface area contributed by atoms with E-state index in [0.29, 0.717) is 31.8 Å². The molecule has 0 aromatic carbocycles. The van der Waals surface area contributed by atoms with E-state index in [0.717, 1.165) is 19.6 Å². The fourth-order valence-electron chi connectivity index (χ4n) is 3.62. The van der Waals surface area contributed by atoms with Crippen molar-refractivity contribution in [2.75, 3.05) is 32.7 Å². The average Bonchev–Trinajstić information content (AvgIpc) is 2.67. The number of rotatable bonds is 12. The number of piperazine rings is 1. The lowest BCUT2D eigenvalue weighted by Gasteiger charge is -2.37. The molecule has 9 heteroatoms. The molecule has 1 fully saturated rings. The number of carbonyl (C=O) groups excluding carboxylic acids is 3. The van der Waals surface area contributed by atoms with E-state index < -0.39 is 30.1 Å². The predicted octanol–water partition coefficient (Wildman–Crippen LogP) is -0.769. The highest BCUT2D eigenvalue weighted by Gasteiger charge is 2.34. The standard InChI is InChI=1S/C21H41N5O4/c1-13(2)12-26-10-9-23-11-17(26)20(29)25-18(15(5)27)21(30)24-16(7-6-8-22)19(28)14(3)4/h13-18,23,27H,6-12,22H2,1-5H3,(H,24,30)(H,25,29)/t15-,16-,17-,18-/m0/s1. The van der Waals surface area contributed by atoms with Crippen molar-refractivity contribution in [1.82, 2.24) is 20.9 Å². The minimum atomic E-state index is -1.14. The van der Waals surface area contributed by atoms with Gasteiger partial charge in [-0.05, 0) is 32.2 Å². The summed E-state index contributed by atoms with van der Waals surface area (Å²) in [6, 6.07) is -2.24. The van der Waals surface area contributed by atoms with Crippen LogP contribution in [0.15, 0.2) is 0 Å². The molecule has 0 aromatic rings. The van der Waals surface area contributed by atoms with E-state index in [1.165, 1.54) is 6.92 Å². The number of nitrogens with one attached hydrogen (secondary N) is 3. The minimum Gasteiger partial charge on any atom is -0.391 e. The lowest BCUT2D eigenvalue weighted by molar-refractivity contribution is -0.136. The maximum Gasteiger partial charge on any atom is 0.245 e. The van der Waals surface area contributed by atoms with Crippen LogP contribution in [0.1, 0.15) is 47.5 Å². The van der Waals surface area contributed by atoms with Crippen molar-refractivity contribution >= 4 is 17.6 Å². The molecule has 0 aliphatic carbocycles. The van der Waals surface area contributed by atoms with Gasteiger partial charge in [0, 0.05) is 32.1 Å². The number of hydrogen-bond donors (Lipinski definition) is 5. The second-order valence-electron chi connectivity index (χ2n) is 8.88. The number of Topliss-reactive ketones (excluding diaryl/α,β-unsaturated/α-hetero) is 1. The van der Waals surface area contributed by atoms with Gasteiger partial charge in [-0.2, -0.15) is 0 Å². The number of ketones is 1. The molecular formula is C21H41N5O4. The number of nitrogens with two attached hydrogens (primary N) is 1. The predicted molar refractivity (Wildman–Crippen MR) is 117 cm³/mol. The Morgan fingerprint density at radius 2 is 1.83 bits per heavy atom. The van der Waals surface area contributed by atoms with Crippen molar-refractivity contribution in [3.05, 3.63) is 0 Å². The summed E-state index contributed by atoms with van der Waals surface area (Å²) in [5, 5.41) is 18.8. The molecule has 0 bridgehead atoms. The first kappa shape index (κ1) is 26.5. The third-order valence-corrected chi connectivity index (χ3v) is 5.25. The largest absolute Gasteiger partial charge is 0.391 e. The number of nitrogens with zero attached hydrogens (tertiary/aromatic N) is 1. The second-order valence-corrected chi connectivity index (χ2v) is 8.88. The van der Waals surface area contributed by atoms with Gasteiger partial charge >= 0.3 is 0 Å². The number of aliphatic hydroxyl groups is 1. The first-order valence-corrected chi connectivity index (χ1v) is 11.1. The molecule has 2 amide bonds. The van der Waals surface area contributed by atoms with Crippen LogP contribution in [0.5, 0.6) is 0 Å². The summed E-state index contributed by atoms with van der Waals surface area (Å²) in [4.78, 5) is 40.4. The molecule has 0 spiro atoms. The van der Waals surface area contributed by atoms with Gasteiger partial charge in [0.25, 0.3) is 0 Å². The Morgan fingerprint density at radius 1 is 1.17 bits per heavy atom. The smallest absolute Gasteiger partial charge is 0.245 e. The van der Waals surface area contributed by atoms with Crippen molar-refractivity contribution < 1.29 is 19.5 Å². The van der Waals surface area contributed by atoms with Gasteiger partial charge in [0.15, 0.2) is 5.78 Å². The number of carbonyl (C=O) groups is 3. The lowest BCUT2D eigenvalue weighted by Crippen LogP contribution is -2.63. The van der Waals surface area contributed by atoms with E-state index >= 15 is 0 Å². The van der Waals surface area contributed by atoms with Crippen LogP contribution >= 0.6 is 0 Å². The van der Waals surface area contributed by atoms with Crippen molar-refractivity contribution in [2.45, 2.75) is 71.7 Å². The van der Waals surface area contributed by atoms with Gasteiger partial charge in [-0.25, -0.2) is 0 Å². The van der Waals surface area contributed by atoms with E-state index in [9.17, 15) is 19.5 Å². The molecule has 1 saturated heterocycles. The van der Waals surface area contributed by atoms with Gasteiger partial charge < -0.3 is 26.8 Å². The van der Waals surface area contributed by atoms with Gasteiger partial charge in [-0.1, -0.05) is 27.7 Å². The van der Waals surface area contributed by atoms with Crippen LogP contribution in [-0.2, 0) is 14.4 Å². The van der Waals surface area contributed by atoms with Gasteiger partial charge in [-0.3, -0.25) is 19.3 Å². The number of hydrogen-bond acceptors (Lipinski definition) is 7. The molecule has 30 heavy (non-hydrogen) atoms. The van der Waals surface area contributed by atoms with Crippen molar-refractivity contribution in [2.24, 2.45) is 17.6 Å². The second kappa shape index (κ2) is 13.0. The first-order valence-electron chi connectivity index (χ1n) is 11.1. The van der Waals surface area contributed by atoms with Gasteiger partial charge in [-0.15, -0.1) is 0 Å². The maximum atomic E-state index is 12.9. The first-order chi connectivity index (χ1) is 14.1. The molecule has 0 unspecified atom stereocenters. The summed E-state index contributed by atoms with van der Waals surface area (Å²) in [6.07, 6.45) is -0.0880. The van der Waals surface area contributed by atoms with Gasteiger partial charge in [0.05, 0.1) is 12.1 Å². The number of aliphatic hydroxyl groups excluding tert-OH is 1. The molecule has 0 saturated carbocycles. The van der Waals surface area contributed by atoms with E-state index in [4.69, 9.17) is 5.73 Å². The molecule has 4 atom stereocenters.